The number of aldehydes is 1. The summed E-state index contributed by atoms with van der Waals surface area (Å²) < 4.78 is 0. The minimum absolute atomic E-state index is 0.0765. The Kier molecular flexibility index (Phi) is 6.48. The van der Waals surface area contributed by atoms with Gasteiger partial charge in [0, 0.05) is 53.3 Å². The third-order valence-corrected chi connectivity index (χ3v) is 8.23. The van der Waals surface area contributed by atoms with Crippen molar-refractivity contribution in [3.8, 4) is 0 Å². The monoisotopic (exact) mass is 500 g/mol. The lowest BCUT2D eigenvalue weighted by Gasteiger charge is -2.24. The van der Waals surface area contributed by atoms with E-state index in [4.69, 9.17) is 0 Å². The number of carbonyl (C=O) groups is 1. The lowest BCUT2D eigenvalue weighted by Crippen LogP contribution is -2.22. The van der Waals surface area contributed by atoms with Crippen LogP contribution in [0.25, 0.3) is 11.6 Å². The minimum Gasteiger partial charge on any atom is -0.347 e. The summed E-state index contributed by atoms with van der Waals surface area (Å²) in [4.78, 5) is 16.8. The van der Waals surface area contributed by atoms with Crippen LogP contribution < -0.4 is 9.80 Å². The van der Waals surface area contributed by atoms with Gasteiger partial charge in [-0.2, -0.15) is 0 Å². The molecule has 5 rings (SSSR count). The Morgan fingerprint density at radius 3 is 1.74 bits per heavy atom. The maximum absolute atomic E-state index is 12.3. The summed E-state index contributed by atoms with van der Waals surface area (Å²) in [5.41, 5.74) is 9.89. The fraction of sp³-hybridized carbons (Fsp3) is 0.229. The second kappa shape index (κ2) is 9.64. The predicted molar refractivity (Wildman–Crippen MR) is 161 cm³/mol. The summed E-state index contributed by atoms with van der Waals surface area (Å²) in [6.07, 6.45) is 11.4. The summed E-state index contributed by atoms with van der Waals surface area (Å²) in [7, 11) is 4.22. The molecule has 3 aromatic rings. The second-order valence-corrected chi connectivity index (χ2v) is 11.2. The van der Waals surface area contributed by atoms with E-state index in [1.165, 1.54) is 33.9 Å². The van der Waals surface area contributed by atoms with Crippen LogP contribution in [-0.4, -0.2) is 20.4 Å². The number of hydrogen-bond donors (Lipinski definition) is 0. The maximum atomic E-state index is 12.3. The highest BCUT2D eigenvalue weighted by molar-refractivity contribution is 6.08. The van der Waals surface area contributed by atoms with Gasteiger partial charge >= 0.3 is 0 Å². The minimum atomic E-state index is -0.140. The van der Waals surface area contributed by atoms with E-state index in [1.807, 2.05) is 24.3 Å². The Bertz CT molecular complexity index is 1520. The van der Waals surface area contributed by atoms with E-state index >= 15 is 0 Å². The molecule has 0 bridgehead atoms. The SMILES string of the molecule is CN1C(=CC=C(C=O)c2ccccc2/C=C/C=C2N(C)c3ccccc3C2(C)C)C(C)(C)c2ccccc21. The number of benzene rings is 3. The third-order valence-electron chi connectivity index (χ3n) is 8.23. The number of nitrogens with zero attached hydrogens (tertiary/aromatic N) is 2. The van der Waals surface area contributed by atoms with Crippen LogP contribution in [0.3, 0.4) is 0 Å². The first kappa shape index (κ1) is 25.5. The molecule has 0 spiro atoms. The molecule has 0 atom stereocenters. The normalized spacial score (nSPS) is 19.9. The molecule has 0 radical (unpaired) electrons. The summed E-state index contributed by atoms with van der Waals surface area (Å²) in [5, 5.41) is 0. The van der Waals surface area contributed by atoms with Crippen LogP contribution in [0.1, 0.15) is 49.9 Å². The second-order valence-electron chi connectivity index (χ2n) is 11.2. The van der Waals surface area contributed by atoms with Gasteiger partial charge in [0.05, 0.1) is 0 Å². The molecule has 192 valence electrons. The number of fused-ring (bicyclic) bond motifs is 2. The summed E-state index contributed by atoms with van der Waals surface area (Å²) >= 11 is 0. The van der Waals surface area contributed by atoms with Gasteiger partial charge in [-0.15, -0.1) is 0 Å². The van der Waals surface area contributed by atoms with Crippen LogP contribution in [0, 0.1) is 0 Å². The van der Waals surface area contributed by atoms with Crippen molar-refractivity contribution in [3.63, 3.8) is 0 Å². The van der Waals surface area contributed by atoms with Crippen molar-refractivity contribution in [3.05, 3.63) is 131 Å². The lowest BCUT2D eigenvalue weighted by atomic mass is 9.83. The van der Waals surface area contributed by atoms with Crippen molar-refractivity contribution in [2.75, 3.05) is 23.9 Å². The Morgan fingerprint density at radius 1 is 0.684 bits per heavy atom. The van der Waals surface area contributed by atoms with Crippen molar-refractivity contribution in [1.29, 1.82) is 0 Å². The van der Waals surface area contributed by atoms with Crippen LogP contribution in [-0.2, 0) is 15.6 Å². The number of carbonyl (C=O) groups excluding carboxylic acids is 1. The van der Waals surface area contributed by atoms with Crippen molar-refractivity contribution >= 4 is 29.3 Å². The largest absolute Gasteiger partial charge is 0.347 e. The molecule has 2 aliphatic heterocycles. The van der Waals surface area contributed by atoms with Gasteiger partial charge in [-0.1, -0.05) is 101 Å². The van der Waals surface area contributed by atoms with Gasteiger partial charge in [0.15, 0.2) is 6.29 Å². The first-order valence-corrected chi connectivity index (χ1v) is 13.2. The van der Waals surface area contributed by atoms with Crippen molar-refractivity contribution in [2.24, 2.45) is 0 Å². The molecule has 0 aliphatic carbocycles. The smallest absolute Gasteiger partial charge is 0.150 e. The van der Waals surface area contributed by atoms with Crippen molar-refractivity contribution in [2.45, 2.75) is 38.5 Å². The number of likely N-dealkylation sites (N-methyl/N-ethyl adjacent to an activating group) is 2. The zero-order chi connectivity index (χ0) is 27.1. The molecule has 2 heterocycles. The van der Waals surface area contributed by atoms with Crippen molar-refractivity contribution in [1.82, 2.24) is 0 Å². The summed E-state index contributed by atoms with van der Waals surface area (Å²) in [5.74, 6) is 0. The topological polar surface area (TPSA) is 23.6 Å². The first-order valence-electron chi connectivity index (χ1n) is 13.2. The van der Waals surface area contributed by atoms with Crippen LogP contribution in [0.5, 0.6) is 0 Å². The molecular formula is C35H36N2O. The number of para-hydroxylation sites is 2. The van der Waals surface area contributed by atoms with Crippen LogP contribution in [0.15, 0.2) is 108 Å². The molecular weight excluding hydrogens is 464 g/mol. The van der Waals surface area contributed by atoms with Crippen LogP contribution in [0.2, 0.25) is 0 Å². The number of hydrogen-bond acceptors (Lipinski definition) is 3. The Hall–Kier alpha value is -4.11. The first-order chi connectivity index (χ1) is 18.2. The van der Waals surface area contributed by atoms with E-state index in [0.717, 1.165) is 17.4 Å². The maximum Gasteiger partial charge on any atom is 0.150 e. The standard InChI is InChI=1S/C35H36N2O/c1-34(2)28-17-9-11-19-30(28)36(5)32(34)21-13-15-25-14-7-8-16-27(25)26(24-38)22-23-33-35(3,4)29-18-10-12-20-31(29)37(33)6/h7-24H,1-6H3/b15-13+,26-22?,32-21?,33-23?. The lowest BCUT2D eigenvalue weighted by molar-refractivity contribution is -0.103. The summed E-state index contributed by atoms with van der Waals surface area (Å²) in [6, 6.07) is 25.2. The van der Waals surface area contributed by atoms with E-state index in [1.54, 1.807) is 0 Å². The third kappa shape index (κ3) is 4.12. The molecule has 38 heavy (non-hydrogen) atoms. The fourth-order valence-electron chi connectivity index (χ4n) is 6.11. The highest BCUT2D eigenvalue weighted by atomic mass is 16.1. The molecule has 0 amide bonds. The Labute approximate surface area is 227 Å². The predicted octanol–water partition coefficient (Wildman–Crippen LogP) is 7.91. The van der Waals surface area contributed by atoms with Gasteiger partial charge < -0.3 is 9.80 Å². The fourth-order valence-corrected chi connectivity index (χ4v) is 6.11. The number of anilines is 2. The molecule has 0 fully saturated rings. The molecule has 3 heteroatoms. The molecule has 0 unspecified atom stereocenters. The molecule has 0 saturated heterocycles. The van der Waals surface area contributed by atoms with Gasteiger partial charge in [0.25, 0.3) is 0 Å². The van der Waals surface area contributed by atoms with E-state index in [9.17, 15) is 4.79 Å². The Balaban J connectivity index is 1.47. The molecule has 2 aliphatic rings. The number of allylic oxidation sites excluding steroid dienone is 7. The van der Waals surface area contributed by atoms with Crippen LogP contribution in [0.4, 0.5) is 11.4 Å². The number of rotatable bonds is 5. The summed E-state index contributed by atoms with van der Waals surface area (Å²) in [6.45, 7) is 9.01. The molecule has 3 nitrogen and oxygen atoms in total. The molecule has 0 saturated carbocycles. The van der Waals surface area contributed by atoms with E-state index in [0.29, 0.717) is 5.57 Å². The van der Waals surface area contributed by atoms with Crippen LogP contribution >= 0.6 is 0 Å². The quantitative estimate of drug-likeness (QED) is 0.263. The van der Waals surface area contributed by atoms with Crippen molar-refractivity contribution < 1.29 is 4.79 Å². The van der Waals surface area contributed by atoms with Gasteiger partial charge in [-0.25, -0.2) is 0 Å². The van der Waals surface area contributed by atoms with E-state index in [2.05, 4.69) is 130 Å². The zero-order valence-corrected chi connectivity index (χ0v) is 23.2. The molecule has 0 N–H and O–H groups in total. The Morgan fingerprint density at radius 2 is 1.18 bits per heavy atom. The molecule has 0 aromatic heterocycles. The highest BCUT2D eigenvalue weighted by Gasteiger charge is 2.38. The highest BCUT2D eigenvalue weighted by Crippen LogP contribution is 2.47. The van der Waals surface area contributed by atoms with Gasteiger partial charge in [0.1, 0.15) is 0 Å². The van der Waals surface area contributed by atoms with Gasteiger partial charge in [-0.05, 0) is 52.6 Å². The molecule has 3 aromatic carbocycles. The van der Waals surface area contributed by atoms with Gasteiger partial charge in [0.2, 0.25) is 0 Å². The van der Waals surface area contributed by atoms with E-state index in [-0.39, 0.29) is 10.8 Å². The van der Waals surface area contributed by atoms with E-state index < -0.39 is 0 Å². The van der Waals surface area contributed by atoms with Gasteiger partial charge in [-0.3, -0.25) is 4.79 Å². The average molecular weight is 501 g/mol. The average Bonchev–Trinajstić information content (AvgIpc) is 3.24. The zero-order valence-electron chi connectivity index (χ0n) is 23.2.